The van der Waals surface area contributed by atoms with Crippen molar-refractivity contribution in [1.29, 1.82) is 0 Å². The molecule has 1 aliphatic heterocycles. The lowest BCUT2D eigenvalue weighted by Crippen LogP contribution is -2.29. The average molecular weight is 530 g/mol. The summed E-state index contributed by atoms with van der Waals surface area (Å²) in [6, 6.07) is 23.6. The summed E-state index contributed by atoms with van der Waals surface area (Å²) in [6.45, 7) is 0.980. The number of aromatic nitrogens is 1. The molecule has 5 rings (SSSR count). The van der Waals surface area contributed by atoms with Crippen LogP contribution in [0, 0.1) is 0 Å². The Kier molecular flexibility index (Phi) is 7.28. The number of anilines is 2. The van der Waals surface area contributed by atoms with Crippen molar-refractivity contribution >= 4 is 27.3 Å². The zero-order chi connectivity index (χ0) is 26.5. The van der Waals surface area contributed by atoms with Gasteiger partial charge in [-0.25, -0.2) is 8.42 Å². The number of benzene rings is 3. The van der Waals surface area contributed by atoms with Gasteiger partial charge in [-0.1, -0.05) is 24.3 Å². The van der Waals surface area contributed by atoms with Gasteiger partial charge in [0.2, 0.25) is 10.0 Å². The van der Waals surface area contributed by atoms with E-state index in [4.69, 9.17) is 9.47 Å². The number of hydrogen-bond donors (Lipinski definition) is 1. The molecule has 0 spiro atoms. The Hall–Kier alpha value is -4.37. The molecule has 0 unspecified atom stereocenters. The van der Waals surface area contributed by atoms with E-state index >= 15 is 0 Å². The highest BCUT2D eigenvalue weighted by atomic mass is 32.2. The Morgan fingerprint density at radius 1 is 0.842 bits per heavy atom. The molecule has 3 aromatic carbocycles. The Labute approximate surface area is 221 Å². The predicted molar refractivity (Wildman–Crippen MR) is 146 cm³/mol. The smallest absolute Gasteiger partial charge is 0.255 e. The van der Waals surface area contributed by atoms with Gasteiger partial charge in [-0.05, 0) is 71.6 Å². The van der Waals surface area contributed by atoms with Crippen LogP contribution in [-0.4, -0.2) is 38.8 Å². The minimum absolute atomic E-state index is 0.110. The summed E-state index contributed by atoms with van der Waals surface area (Å²) in [5.41, 5.74) is 4.68. The number of carbonyl (C=O) groups excluding carboxylic acids is 1. The molecule has 0 radical (unpaired) electrons. The maximum atomic E-state index is 12.8. The molecule has 4 aromatic rings. The number of pyridine rings is 1. The fraction of sp³-hybridized carbons (Fsp3) is 0.172. The minimum atomic E-state index is -3.58. The fourth-order valence-electron chi connectivity index (χ4n) is 4.16. The minimum Gasteiger partial charge on any atom is -0.486 e. The summed E-state index contributed by atoms with van der Waals surface area (Å²) >= 11 is 0. The standard InChI is InChI=1S/C29H27N3O5S/c1-38(34,35)32(26-10-11-27-28(19-26)37-17-16-36-27)20-23-2-6-24(7-3-23)29(33)31-25-8-4-21(5-9-25)18-22-12-14-30-15-13-22/h2-15,19H,16-18,20H2,1H3,(H,31,33). The molecule has 0 saturated carbocycles. The topological polar surface area (TPSA) is 97.8 Å². The molecule has 0 saturated heterocycles. The molecular formula is C29H27N3O5S. The van der Waals surface area contributed by atoms with E-state index in [-0.39, 0.29) is 12.5 Å². The summed E-state index contributed by atoms with van der Waals surface area (Å²) in [5, 5.41) is 2.91. The van der Waals surface area contributed by atoms with E-state index in [0.29, 0.717) is 41.7 Å². The van der Waals surface area contributed by atoms with Crippen molar-refractivity contribution in [2.75, 3.05) is 29.1 Å². The van der Waals surface area contributed by atoms with Crippen molar-refractivity contribution in [1.82, 2.24) is 4.98 Å². The molecule has 0 fully saturated rings. The van der Waals surface area contributed by atoms with Gasteiger partial charge in [0, 0.05) is 29.7 Å². The molecule has 1 N–H and O–H groups in total. The second-order valence-electron chi connectivity index (χ2n) is 8.98. The van der Waals surface area contributed by atoms with Crippen LogP contribution in [0.15, 0.2) is 91.3 Å². The van der Waals surface area contributed by atoms with Gasteiger partial charge in [0.05, 0.1) is 18.5 Å². The predicted octanol–water partition coefficient (Wildman–Crippen LogP) is 4.66. The molecular weight excluding hydrogens is 502 g/mol. The number of nitrogens with one attached hydrogen (secondary N) is 1. The molecule has 0 atom stereocenters. The highest BCUT2D eigenvalue weighted by Gasteiger charge is 2.21. The Bertz CT molecular complexity index is 1520. The van der Waals surface area contributed by atoms with Crippen molar-refractivity contribution in [3.8, 4) is 11.5 Å². The van der Waals surface area contributed by atoms with Crippen molar-refractivity contribution in [2.45, 2.75) is 13.0 Å². The number of rotatable bonds is 8. The van der Waals surface area contributed by atoms with Gasteiger partial charge in [0.25, 0.3) is 5.91 Å². The maximum Gasteiger partial charge on any atom is 0.255 e. The number of sulfonamides is 1. The molecule has 0 aliphatic carbocycles. The first-order chi connectivity index (χ1) is 18.3. The molecule has 8 nitrogen and oxygen atoms in total. The van der Waals surface area contributed by atoms with Crippen LogP contribution >= 0.6 is 0 Å². The third-order valence-electron chi connectivity index (χ3n) is 6.13. The van der Waals surface area contributed by atoms with Crippen LogP contribution in [0.5, 0.6) is 11.5 Å². The summed E-state index contributed by atoms with van der Waals surface area (Å²) in [5.74, 6) is 0.859. The van der Waals surface area contributed by atoms with Gasteiger partial charge in [0.15, 0.2) is 11.5 Å². The van der Waals surface area contributed by atoms with Crippen LogP contribution in [0.2, 0.25) is 0 Å². The number of fused-ring (bicyclic) bond motifs is 1. The SMILES string of the molecule is CS(=O)(=O)N(Cc1ccc(C(=O)Nc2ccc(Cc3ccncc3)cc2)cc1)c1ccc2c(c1)OCCO2. The summed E-state index contributed by atoms with van der Waals surface area (Å²) in [6.07, 6.45) is 5.49. The maximum absolute atomic E-state index is 12.8. The highest BCUT2D eigenvalue weighted by Crippen LogP contribution is 2.35. The van der Waals surface area contributed by atoms with E-state index in [1.807, 2.05) is 36.4 Å². The molecule has 38 heavy (non-hydrogen) atoms. The van der Waals surface area contributed by atoms with Crippen LogP contribution < -0.4 is 19.1 Å². The fourth-order valence-corrected chi connectivity index (χ4v) is 5.04. The molecule has 1 aliphatic rings. The number of amides is 1. The van der Waals surface area contributed by atoms with Crippen LogP contribution in [0.3, 0.4) is 0 Å². The van der Waals surface area contributed by atoms with Crippen molar-refractivity contribution < 1.29 is 22.7 Å². The third-order valence-corrected chi connectivity index (χ3v) is 7.27. The molecule has 9 heteroatoms. The van der Waals surface area contributed by atoms with E-state index in [1.54, 1.807) is 54.9 Å². The Morgan fingerprint density at radius 3 is 2.16 bits per heavy atom. The van der Waals surface area contributed by atoms with E-state index in [2.05, 4.69) is 10.3 Å². The molecule has 0 bridgehead atoms. The number of hydrogen-bond acceptors (Lipinski definition) is 6. The summed E-state index contributed by atoms with van der Waals surface area (Å²) in [7, 11) is -3.58. The van der Waals surface area contributed by atoms with Crippen LogP contribution in [0.4, 0.5) is 11.4 Å². The average Bonchev–Trinajstić information content (AvgIpc) is 2.93. The lowest BCUT2D eigenvalue weighted by Gasteiger charge is -2.25. The lowest BCUT2D eigenvalue weighted by atomic mass is 10.1. The highest BCUT2D eigenvalue weighted by molar-refractivity contribution is 7.92. The summed E-state index contributed by atoms with van der Waals surface area (Å²) < 4.78 is 37.6. The zero-order valence-corrected chi connectivity index (χ0v) is 21.6. The zero-order valence-electron chi connectivity index (χ0n) is 20.8. The van der Waals surface area contributed by atoms with Gasteiger partial charge in [-0.3, -0.25) is 14.1 Å². The molecule has 1 aromatic heterocycles. The van der Waals surface area contributed by atoms with Gasteiger partial charge in [0.1, 0.15) is 13.2 Å². The Balaban J connectivity index is 1.24. The number of ether oxygens (including phenoxy) is 2. The molecule has 1 amide bonds. The largest absolute Gasteiger partial charge is 0.486 e. The van der Waals surface area contributed by atoms with E-state index in [0.717, 1.165) is 23.8 Å². The van der Waals surface area contributed by atoms with E-state index in [9.17, 15) is 13.2 Å². The van der Waals surface area contributed by atoms with Gasteiger partial charge in [-0.15, -0.1) is 0 Å². The van der Waals surface area contributed by atoms with Crippen LogP contribution in [0.25, 0.3) is 0 Å². The monoisotopic (exact) mass is 529 g/mol. The first-order valence-electron chi connectivity index (χ1n) is 12.1. The molecule has 194 valence electrons. The van der Waals surface area contributed by atoms with Crippen LogP contribution in [-0.2, 0) is 23.0 Å². The second kappa shape index (κ2) is 10.9. The van der Waals surface area contributed by atoms with Crippen LogP contribution in [0.1, 0.15) is 27.0 Å². The number of nitrogens with zero attached hydrogens (tertiary/aromatic N) is 2. The Morgan fingerprint density at radius 2 is 1.47 bits per heavy atom. The first-order valence-corrected chi connectivity index (χ1v) is 14.0. The quantitative estimate of drug-likeness (QED) is 0.357. The normalized spacial score (nSPS) is 12.6. The third kappa shape index (κ3) is 6.12. The van der Waals surface area contributed by atoms with Gasteiger partial charge >= 0.3 is 0 Å². The van der Waals surface area contributed by atoms with Crippen molar-refractivity contribution in [2.24, 2.45) is 0 Å². The van der Waals surface area contributed by atoms with E-state index in [1.165, 1.54) is 9.87 Å². The van der Waals surface area contributed by atoms with Gasteiger partial charge < -0.3 is 14.8 Å². The second-order valence-corrected chi connectivity index (χ2v) is 10.9. The summed E-state index contributed by atoms with van der Waals surface area (Å²) in [4.78, 5) is 16.8. The van der Waals surface area contributed by atoms with Gasteiger partial charge in [-0.2, -0.15) is 0 Å². The van der Waals surface area contributed by atoms with Crippen molar-refractivity contribution in [3.63, 3.8) is 0 Å². The molecule has 2 heterocycles. The van der Waals surface area contributed by atoms with Crippen molar-refractivity contribution in [3.05, 3.63) is 114 Å². The lowest BCUT2D eigenvalue weighted by molar-refractivity contribution is 0.102. The first kappa shape index (κ1) is 25.3. The van der Waals surface area contributed by atoms with E-state index < -0.39 is 10.0 Å². The number of carbonyl (C=O) groups is 1.